The van der Waals surface area contributed by atoms with E-state index in [1.807, 2.05) is 12.1 Å². The number of piperidine rings is 2. The van der Waals surface area contributed by atoms with Crippen molar-refractivity contribution in [3.05, 3.63) is 70.3 Å². The van der Waals surface area contributed by atoms with Crippen molar-refractivity contribution in [1.82, 2.24) is 9.80 Å². The van der Waals surface area contributed by atoms with Crippen molar-refractivity contribution in [1.29, 1.82) is 0 Å². The number of benzene rings is 2. The lowest BCUT2D eigenvalue weighted by Crippen LogP contribution is -2.64. The number of hydrogen-bond donors (Lipinski definition) is 4. The zero-order valence-corrected chi connectivity index (χ0v) is 21.7. The van der Waals surface area contributed by atoms with Gasteiger partial charge >= 0.3 is 0 Å². The summed E-state index contributed by atoms with van der Waals surface area (Å²) in [6, 6.07) is 8.90. The maximum Gasteiger partial charge on any atom is 0.246 e. The van der Waals surface area contributed by atoms with Gasteiger partial charge in [0.1, 0.15) is 23.3 Å². The van der Waals surface area contributed by atoms with E-state index in [1.54, 1.807) is 0 Å². The highest BCUT2D eigenvalue weighted by Gasteiger charge is 2.48. The summed E-state index contributed by atoms with van der Waals surface area (Å²) in [6.45, 7) is 2.49. The van der Waals surface area contributed by atoms with Crippen LogP contribution in [0.1, 0.15) is 30.4 Å². The lowest BCUT2D eigenvalue weighted by molar-refractivity contribution is -0.183. The van der Waals surface area contributed by atoms with Gasteiger partial charge in [0.15, 0.2) is 0 Å². The topological polar surface area (TPSA) is 96.3 Å². The van der Waals surface area contributed by atoms with Crippen LogP contribution in [-0.2, 0) is 10.2 Å². The van der Waals surface area contributed by atoms with Crippen LogP contribution in [0.5, 0.6) is 0 Å². The lowest BCUT2D eigenvalue weighted by atomic mass is 9.74. The molecule has 0 saturated carbocycles. The molecular formula is C28H32ClF2N3O4. The molecular weight excluding hydrogens is 516 g/mol. The number of carbonyl (C=O) groups is 1. The van der Waals surface area contributed by atoms with E-state index in [4.69, 9.17) is 11.6 Å². The second-order valence-corrected chi connectivity index (χ2v) is 11.2. The van der Waals surface area contributed by atoms with E-state index < -0.39 is 35.4 Å². The number of rotatable bonds is 5. The van der Waals surface area contributed by atoms with Gasteiger partial charge in [0.05, 0.1) is 6.10 Å². The zero-order valence-electron chi connectivity index (χ0n) is 20.9. The summed E-state index contributed by atoms with van der Waals surface area (Å²) in [7, 11) is 0. The number of nitrogens with zero attached hydrogens (tertiary/aromatic N) is 2. The molecule has 3 atom stereocenters. The molecule has 3 aliphatic heterocycles. The molecule has 0 radical (unpaired) electrons. The van der Waals surface area contributed by atoms with Crippen LogP contribution in [0.15, 0.2) is 42.5 Å². The van der Waals surface area contributed by atoms with Crippen molar-refractivity contribution in [3.8, 4) is 0 Å². The summed E-state index contributed by atoms with van der Waals surface area (Å²) in [6.07, 6.45) is 1.73. The smallest absolute Gasteiger partial charge is 0.246 e. The summed E-state index contributed by atoms with van der Waals surface area (Å²) in [5, 5.41) is 37.0. The van der Waals surface area contributed by atoms with Crippen LogP contribution >= 0.6 is 11.6 Å². The minimum Gasteiger partial charge on any atom is -0.389 e. The van der Waals surface area contributed by atoms with Gasteiger partial charge < -0.3 is 30.4 Å². The highest BCUT2D eigenvalue weighted by atomic mass is 35.5. The van der Waals surface area contributed by atoms with Gasteiger partial charge in [0.25, 0.3) is 0 Å². The normalized spacial score (nSPS) is 25.9. The first-order chi connectivity index (χ1) is 18.1. The summed E-state index contributed by atoms with van der Waals surface area (Å²) < 4.78 is 26.7. The van der Waals surface area contributed by atoms with E-state index in [9.17, 15) is 28.9 Å². The van der Waals surface area contributed by atoms with Crippen LogP contribution in [0.4, 0.5) is 14.5 Å². The summed E-state index contributed by atoms with van der Waals surface area (Å²) >= 11 is 6.14. The molecule has 204 valence electrons. The number of anilines is 1. The van der Waals surface area contributed by atoms with Gasteiger partial charge in [-0.1, -0.05) is 17.7 Å². The van der Waals surface area contributed by atoms with Crippen molar-refractivity contribution in [2.45, 2.75) is 42.5 Å². The van der Waals surface area contributed by atoms with Crippen LogP contribution in [0.3, 0.4) is 0 Å². The fraction of sp³-hybridized carbons (Fsp3) is 0.464. The van der Waals surface area contributed by atoms with E-state index in [0.29, 0.717) is 5.02 Å². The second kappa shape index (κ2) is 10.5. The standard InChI is InChI=1S/C28H32ClF2N3O4/c29-19-2-3-22-23(13-19)32-17-27(22)5-8-33(9-6-27)15-24(35)28(38)7-10-34(16-25(28)36)26(37)4-1-18-11-20(30)14-21(31)12-18/h1-4,11-14,24-25,32,35-36,38H,5-10,15-17H2/b4-1+/t24-,25-,28+/m1/s1. The molecule has 0 unspecified atom stereocenters. The minimum absolute atomic E-state index is 0.000656. The van der Waals surface area contributed by atoms with Gasteiger partial charge in [-0.05, 0) is 73.8 Å². The van der Waals surface area contributed by atoms with E-state index in [2.05, 4.69) is 16.3 Å². The molecule has 38 heavy (non-hydrogen) atoms. The Hall–Kier alpha value is -2.56. The molecule has 0 aliphatic carbocycles. The van der Waals surface area contributed by atoms with Gasteiger partial charge in [0, 0.05) is 54.4 Å². The number of amides is 1. The van der Waals surface area contributed by atoms with E-state index in [-0.39, 0.29) is 37.0 Å². The number of aliphatic hydroxyl groups is 3. The second-order valence-electron chi connectivity index (χ2n) is 10.7. The number of likely N-dealkylation sites (tertiary alicyclic amines) is 2. The maximum absolute atomic E-state index is 13.4. The Morgan fingerprint density at radius 3 is 2.53 bits per heavy atom. The molecule has 2 saturated heterocycles. The average molecular weight is 548 g/mol. The summed E-state index contributed by atoms with van der Waals surface area (Å²) in [5.74, 6) is -1.95. The number of β-amino-alcohol motifs (C(OH)–C–C–N with tert-alkyl or cyclic N) is 2. The van der Waals surface area contributed by atoms with Crippen molar-refractivity contribution < 1.29 is 28.9 Å². The van der Waals surface area contributed by atoms with E-state index >= 15 is 0 Å². The average Bonchev–Trinajstić information content (AvgIpc) is 3.22. The fourth-order valence-electron chi connectivity index (χ4n) is 5.97. The molecule has 0 aromatic heterocycles. The van der Waals surface area contributed by atoms with Crippen LogP contribution < -0.4 is 5.32 Å². The maximum atomic E-state index is 13.4. The van der Waals surface area contributed by atoms with Crippen molar-refractivity contribution in [2.24, 2.45) is 0 Å². The molecule has 2 aromatic rings. The molecule has 2 fully saturated rings. The number of halogens is 3. The van der Waals surface area contributed by atoms with Gasteiger partial charge in [-0.15, -0.1) is 0 Å². The molecule has 3 heterocycles. The predicted octanol–water partition coefficient (Wildman–Crippen LogP) is 2.78. The number of fused-ring (bicyclic) bond motifs is 2. The Morgan fingerprint density at radius 2 is 1.84 bits per heavy atom. The molecule has 4 N–H and O–H groups in total. The Labute approximate surface area is 225 Å². The lowest BCUT2D eigenvalue weighted by Gasteiger charge is -2.46. The van der Waals surface area contributed by atoms with Crippen molar-refractivity contribution >= 4 is 29.3 Å². The summed E-state index contributed by atoms with van der Waals surface area (Å²) in [4.78, 5) is 16.0. The first-order valence-corrected chi connectivity index (χ1v) is 13.2. The first-order valence-electron chi connectivity index (χ1n) is 12.9. The molecule has 10 heteroatoms. The highest BCUT2D eigenvalue weighted by Crippen LogP contribution is 2.45. The van der Waals surface area contributed by atoms with Crippen LogP contribution in [-0.4, -0.2) is 88.1 Å². The number of aliphatic hydroxyl groups excluding tert-OH is 2. The Kier molecular flexibility index (Phi) is 7.50. The monoisotopic (exact) mass is 547 g/mol. The zero-order chi connectivity index (χ0) is 27.1. The summed E-state index contributed by atoms with van der Waals surface area (Å²) in [5.41, 5.74) is 0.810. The molecule has 0 bridgehead atoms. The number of nitrogens with one attached hydrogen (secondary N) is 1. The van der Waals surface area contributed by atoms with E-state index in [0.717, 1.165) is 56.4 Å². The molecule has 5 rings (SSSR count). The van der Waals surface area contributed by atoms with Gasteiger partial charge in [-0.25, -0.2) is 8.78 Å². The largest absolute Gasteiger partial charge is 0.389 e. The van der Waals surface area contributed by atoms with E-state index in [1.165, 1.54) is 22.6 Å². The van der Waals surface area contributed by atoms with Crippen LogP contribution in [0, 0.1) is 11.6 Å². The Morgan fingerprint density at radius 1 is 1.13 bits per heavy atom. The van der Waals surface area contributed by atoms with Gasteiger partial charge in [0.2, 0.25) is 5.91 Å². The Balaban J connectivity index is 1.15. The highest BCUT2D eigenvalue weighted by molar-refractivity contribution is 6.30. The SMILES string of the molecule is O=C(/C=C/c1cc(F)cc(F)c1)N1CC[C@](O)([C@H](O)CN2CCC3(CC2)CNc2cc(Cl)ccc23)[C@H](O)C1. The number of hydrogen-bond acceptors (Lipinski definition) is 6. The number of carbonyl (C=O) groups excluding carboxylic acids is 1. The minimum atomic E-state index is -1.75. The molecule has 2 aromatic carbocycles. The Bertz CT molecular complexity index is 1220. The molecule has 1 amide bonds. The predicted molar refractivity (Wildman–Crippen MR) is 141 cm³/mol. The van der Waals surface area contributed by atoms with Crippen LogP contribution in [0.25, 0.3) is 6.08 Å². The van der Waals surface area contributed by atoms with Gasteiger partial charge in [-0.3, -0.25) is 4.79 Å². The third-order valence-electron chi connectivity index (χ3n) is 8.36. The van der Waals surface area contributed by atoms with Crippen LogP contribution in [0.2, 0.25) is 5.02 Å². The quantitative estimate of drug-likeness (QED) is 0.430. The third-order valence-corrected chi connectivity index (χ3v) is 8.59. The molecule has 7 nitrogen and oxygen atoms in total. The first kappa shape index (κ1) is 27.0. The fourth-order valence-corrected chi connectivity index (χ4v) is 6.14. The molecule has 1 spiro atoms. The van der Waals surface area contributed by atoms with Gasteiger partial charge in [-0.2, -0.15) is 0 Å². The third kappa shape index (κ3) is 5.31. The van der Waals surface area contributed by atoms with Crippen molar-refractivity contribution in [2.75, 3.05) is 44.6 Å². The van der Waals surface area contributed by atoms with Crippen molar-refractivity contribution in [3.63, 3.8) is 0 Å². The molecule has 3 aliphatic rings.